The van der Waals surface area contributed by atoms with Gasteiger partial charge in [0.05, 0.1) is 0 Å². The summed E-state index contributed by atoms with van der Waals surface area (Å²) in [6.07, 6.45) is 1.69. The largest absolute Gasteiger partial charge is 0.312 e. The van der Waals surface area contributed by atoms with E-state index in [9.17, 15) is 8.42 Å². The van der Waals surface area contributed by atoms with Crippen LogP contribution in [0, 0.1) is 0 Å². The molecule has 1 fully saturated rings. The summed E-state index contributed by atoms with van der Waals surface area (Å²) in [5.74, 6) is 0. The first-order valence-electron chi connectivity index (χ1n) is 6.95. The minimum absolute atomic E-state index is 0.162. The van der Waals surface area contributed by atoms with E-state index in [1.165, 1.54) is 9.87 Å². The van der Waals surface area contributed by atoms with Gasteiger partial charge < -0.3 is 5.32 Å². The maximum Gasteiger partial charge on any atom is 0.281 e. The third kappa shape index (κ3) is 3.79. The van der Waals surface area contributed by atoms with E-state index >= 15 is 0 Å². The molecule has 0 aromatic heterocycles. The average molecular weight is 297 g/mol. The zero-order valence-electron chi connectivity index (χ0n) is 12.1. The molecule has 1 aliphatic rings. The Morgan fingerprint density at radius 1 is 1.30 bits per heavy atom. The van der Waals surface area contributed by atoms with E-state index in [1.807, 2.05) is 18.2 Å². The highest BCUT2D eigenvalue weighted by Gasteiger charge is 2.28. The molecule has 5 nitrogen and oxygen atoms in total. The third-order valence-electron chi connectivity index (χ3n) is 3.55. The fraction of sp³-hybridized carbons (Fsp3) is 0.571. The summed E-state index contributed by atoms with van der Waals surface area (Å²) in [5, 5.41) is 3.45. The van der Waals surface area contributed by atoms with E-state index in [-0.39, 0.29) is 6.04 Å². The van der Waals surface area contributed by atoms with Crippen molar-refractivity contribution >= 4 is 10.2 Å². The van der Waals surface area contributed by atoms with Crippen molar-refractivity contribution in [1.82, 2.24) is 13.9 Å². The molecule has 20 heavy (non-hydrogen) atoms. The SMILES string of the molecule is CN(C)S(=O)(=O)N1CCCNC(Cc2ccccc2)C1. The molecule has 0 spiro atoms. The van der Waals surface area contributed by atoms with Crippen molar-refractivity contribution in [3.63, 3.8) is 0 Å². The second-order valence-electron chi connectivity index (χ2n) is 5.34. The maximum atomic E-state index is 12.3. The molecule has 1 atom stereocenters. The van der Waals surface area contributed by atoms with Crippen molar-refractivity contribution in [1.29, 1.82) is 0 Å². The molecular weight excluding hydrogens is 274 g/mol. The van der Waals surface area contributed by atoms with Crippen molar-refractivity contribution < 1.29 is 8.42 Å². The molecule has 1 heterocycles. The molecule has 1 saturated heterocycles. The number of hydrogen-bond acceptors (Lipinski definition) is 3. The van der Waals surface area contributed by atoms with Crippen molar-refractivity contribution in [3.8, 4) is 0 Å². The Labute approximate surface area is 121 Å². The first-order chi connectivity index (χ1) is 9.50. The molecule has 1 aromatic carbocycles. The molecule has 0 aliphatic carbocycles. The van der Waals surface area contributed by atoms with Gasteiger partial charge in [-0.2, -0.15) is 17.0 Å². The Morgan fingerprint density at radius 3 is 2.65 bits per heavy atom. The molecule has 1 aliphatic heterocycles. The van der Waals surface area contributed by atoms with Gasteiger partial charge in [0.25, 0.3) is 10.2 Å². The second kappa shape index (κ2) is 6.67. The summed E-state index contributed by atoms with van der Waals surface area (Å²) < 4.78 is 27.4. The van der Waals surface area contributed by atoms with E-state index in [0.29, 0.717) is 13.1 Å². The predicted molar refractivity (Wildman–Crippen MR) is 80.7 cm³/mol. The lowest BCUT2D eigenvalue weighted by Crippen LogP contribution is -2.45. The van der Waals surface area contributed by atoms with Crippen LogP contribution in [0.3, 0.4) is 0 Å². The van der Waals surface area contributed by atoms with E-state index in [0.717, 1.165) is 19.4 Å². The molecule has 2 rings (SSSR count). The Bertz CT molecular complexity index is 516. The number of rotatable bonds is 4. The Kier molecular flexibility index (Phi) is 5.15. The molecule has 1 unspecified atom stereocenters. The number of benzene rings is 1. The number of nitrogens with zero attached hydrogens (tertiary/aromatic N) is 2. The minimum atomic E-state index is -3.32. The van der Waals surface area contributed by atoms with Crippen LogP contribution in [0.25, 0.3) is 0 Å². The van der Waals surface area contributed by atoms with Crippen LogP contribution < -0.4 is 5.32 Å². The lowest BCUT2D eigenvalue weighted by atomic mass is 10.1. The van der Waals surface area contributed by atoms with Crippen molar-refractivity contribution in [2.45, 2.75) is 18.9 Å². The fourth-order valence-corrected chi connectivity index (χ4v) is 3.63. The normalized spacial score (nSPS) is 21.9. The first kappa shape index (κ1) is 15.4. The highest BCUT2D eigenvalue weighted by Crippen LogP contribution is 2.12. The van der Waals surface area contributed by atoms with Crippen LogP contribution in [0.15, 0.2) is 30.3 Å². The van der Waals surface area contributed by atoms with Gasteiger partial charge in [-0.3, -0.25) is 0 Å². The quantitative estimate of drug-likeness (QED) is 0.890. The highest BCUT2D eigenvalue weighted by molar-refractivity contribution is 7.86. The monoisotopic (exact) mass is 297 g/mol. The first-order valence-corrected chi connectivity index (χ1v) is 8.35. The van der Waals surface area contributed by atoms with Crippen LogP contribution in [-0.4, -0.2) is 56.8 Å². The third-order valence-corrected chi connectivity index (χ3v) is 5.46. The van der Waals surface area contributed by atoms with Crippen LogP contribution in [-0.2, 0) is 16.6 Å². The summed E-state index contributed by atoms with van der Waals surface area (Å²) in [7, 11) is -0.155. The molecule has 1 N–H and O–H groups in total. The second-order valence-corrected chi connectivity index (χ2v) is 7.48. The summed E-state index contributed by atoms with van der Waals surface area (Å²) in [4.78, 5) is 0. The number of hydrogen-bond donors (Lipinski definition) is 1. The molecule has 0 bridgehead atoms. The summed E-state index contributed by atoms with van der Waals surface area (Å²) in [5.41, 5.74) is 1.23. The Hall–Kier alpha value is -0.950. The summed E-state index contributed by atoms with van der Waals surface area (Å²) >= 11 is 0. The van der Waals surface area contributed by atoms with Gasteiger partial charge in [0.2, 0.25) is 0 Å². The lowest BCUT2D eigenvalue weighted by molar-refractivity contribution is 0.362. The topological polar surface area (TPSA) is 52.7 Å². The highest BCUT2D eigenvalue weighted by atomic mass is 32.2. The number of nitrogens with one attached hydrogen (secondary N) is 1. The Balaban J connectivity index is 2.08. The van der Waals surface area contributed by atoms with Crippen molar-refractivity contribution in [3.05, 3.63) is 35.9 Å². The van der Waals surface area contributed by atoms with E-state index in [4.69, 9.17) is 0 Å². The van der Waals surface area contributed by atoms with Crippen molar-refractivity contribution in [2.24, 2.45) is 0 Å². The molecule has 0 radical (unpaired) electrons. The van der Waals surface area contributed by atoms with Gasteiger partial charge in [-0.25, -0.2) is 0 Å². The van der Waals surface area contributed by atoms with Gasteiger partial charge in [-0.15, -0.1) is 0 Å². The van der Waals surface area contributed by atoms with Gasteiger partial charge in [0, 0.05) is 33.2 Å². The van der Waals surface area contributed by atoms with Crippen molar-refractivity contribution in [2.75, 3.05) is 33.7 Å². The standard InChI is InChI=1S/C14H23N3O2S/c1-16(2)20(18,19)17-10-6-9-15-14(12-17)11-13-7-4-3-5-8-13/h3-5,7-8,14-15H,6,9-12H2,1-2H3. The summed E-state index contributed by atoms with van der Waals surface area (Å²) in [6, 6.07) is 10.3. The molecule has 1 aromatic rings. The van der Waals surface area contributed by atoms with Gasteiger partial charge in [0.15, 0.2) is 0 Å². The molecule has 0 amide bonds. The Morgan fingerprint density at radius 2 is 2.00 bits per heavy atom. The van der Waals surface area contributed by atoms with Crippen LogP contribution in [0.2, 0.25) is 0 Å². The van der Waals surface area contributed by atoms with E-state index in [1.54, 1.807) is 18.4 Å². The van der Waals surface area contributed by atoms with Crippen LogP contribution in [0.4, 0.5) is 0 Å². The minimum Gasteiger partial charge on any atom is -0.312 e. The fourth-order valence-electron chi connectivity index (χ4n) is 2.44. The van der Waals surface area contributed by atoms with Crippen LogP contribution in [0.5, 0.6) is 0 Å². The summed E-state index contributed by atoms with van der Waals surface area (Å²) in [6.45, 7) is 1.96. The van der Waals surface area contributed by atoms with E-state index in [2.05, 4.69) is 17.4 Å². The lowest BCUT2D eigenvalue weighted by Gasteiger charge is -2.26. The van der Waals surface area contributed by atoms with Gasteiger partial charge in [0.1, 0.15) is 0 Å². The van der Waals surface area contributed by atoms with Crippen LogP contribution >= 0.6 is 0 Å². The molecule has 6 heteroatoms. The molecule has 0 saturated carbocycles. The molecule has 112 valence electrons. The predicted octanol–water partition coefficient (Wildman–Crippen LogP) is 0.699. The van der Waals surface area contributed by atoms with Crippen LogP contribution in [0.1, 0.15) is 12.0 Å². The zero-order valence-corrected chi connectivity index (χ0v) is 12.9. The van der Waals surface area contributed by atoms with Gasteiger partial charge in [-0.05, 0) is 24.9 Å². The van der Waals surface area contributed by atoms with Gasteiger partial charge >= 0.3 is 0 Å². The maximum absolute atomic E-state index is 12.3. The average Bonchev–Trinajstić information content (AvgIpc) is 2.66. The zero-order chi connectivity index (χ0) is 14.6. The smallest absolute Gasteiger partial charge is 0.281 e. The van der Waals surface area contributed by atoms with E-state index < -0.39 is 10.2 Å². The van der Waals surface area contributed by atoms with Gasteiger partial charge in [-0.1, -0.05) is 30.3 Å². The molecular formula is C14H23N3O2S.